The van der Waals surface area contributed by atoms with Crippen molar-refractivity contribution in [1.29, 1.82) is 0 Å². The highest BCUT2D eigenvalue weighted by Crippen LogP contribution is 2.06. The van der Waals surface area contributed by atoms with Crippen molar-refractivity contribution >= 4 is 23.7 Å². The van der Waals surface area contributed by atoms with E-state index in [1.807, 2.05) is 0 Å². The summed E-state index contributed by atoms with van der Waals surface area (Å²) in [5, 5.41) is 25.3. The number of aliphatic hydroxyl groups excluding tert-OH is 1. The third kappa shape index (κ3) is 8.28. The lowest BCUT2D eigenvalue weighted by molar-refractivity contribution is -0.143. The van der Waals surface area contributed by atoms with E-state index in [9.17, 15) is 24.3 Å². The maximum atomic E-state index is 12.7. The quantitative estimate of drug-likeness (QED) is 0.255. The predicted octanol–water partition coefficient (Wildman–Crippen LogP) is -1.62. The summed E-state index contributed by atoms with van der Waals surface area (Å²) < 4.78 is 0. The molecule has 0 saturated heterocycles. The minimum atomic E-state index is -1.18. The zero-order valence-electron chi connectivity index (χ0n) is 16.4. The lowest BCUT2D eigenvalue weighted by Crippen LogP contribution is -2.55. The van der Waals surface area contributed by atoms with Crippen LogP contribution < -0.4 is 21.7 Å². The molecule has 0 radical (unpaired) electrons. The van der Waals surface area contributed by atoms with Crippen LogP contribution in [0.4, 0.5) is 0 Å². The third-order valence-electron chi connectivity index (χ3n) is 4.12. The number of nitrogens with two attached hydrogens (primary N) is 1. The molecule has 7 N–H and O–H groups in total. The molecule has 0 aliphatic carbocycles. The molecule has 0 bridgehead atoms. The Kier molecular flexibility index (Phi) is 9.76. The van der Waals surface area contributed by atoms with Crippen molar-refractivity contribution in [2.24, 2.45) is 11.7 Å². The predicted molar refractivity (Wildman–Crippen MR) is 105 cm³/mol. The van der Waals surface area contributed by atoms with E-state index in [2.05, 4.69) is 16.0 Å². The zero-order chi connectivity index (χ0) is 22.0. The van der Waals surface area contributed by atoms with Crippen molar-refractivity contribution in [3.8, 4) is 0 Å². The third-order valence-corrected chi connectivity index (χ3v) is 4.12. The second kappa shape index (κ2) is 11.8. The molecule has 0 aliphatic rings. The molecule has 0 heterocycles. The minimum absolute atomic E-state index is 0.132. The molecule has 0 aromatic heterocycles. The van der Waals surface area contributed by atoms with Crippen molar-refractivity contribution in [3.63, 3.8) is 0 Å². The first-order chi connectivity index (χ1) is 13.6. The summed E-state index contributed by atoms with van der Waals surface area (Å²) >= 11 is 0. The van der Waals surface area contributed by atoms with E-state index in [0.717, 1.165) is 5.56 Å². The highest BCUT2D eigenvalue weighted by Gasteiger charge is 2.28. The lowest BCUT2D eigenvalue weighted by Gasteiger charge is -2.23. The molecule has 1 rings (SSSR count). The van der Waals surface area contributed by atoms with Gasteiger partial charge in [0.15, 0.2) is 0 Å². The second-order valence-electron chi connectivity index (χ2n) is 6.89. The zero-order valence-corrected chi connectivity index (χ0v) is 16.4. The van der Waals surface area contributed by atoms with Gasteiger partial charge in [-0.25, -0.2) is 4.79 Å². The molecule has 0 fully saturated rings. The molecule has 10 heteroatoms. The van der Waals surface area contributed by atoms with Crippen LogP contribution in [0.5, 0.6) is 0 Å². The Morgan fingerprint density at radius 1 is 1.03 bits per heavy atom. The molecule has 3 atom stereocenters. The van der Waals surface area contributed by atoms with Gasteiger partial charge in [-0.05, 0) is 11.5 Å². The minimum Gasteiger partial charge on any atom is -0.480 e. The van der Waals surface area contributed by atoms with Gasteiger partial charge in [0.25, 0.3) is 0 Å². The van der Waals surface area contributed by atoms with Crippen LogP contribution in [0.25, 0.3) is 0 Å². The fourth-order valence-electron chi connectivity index (χ4n) is 2.45. The number of hydrogen-bond acceptors (Lipinski definition) is 6. The van der Waals surface area contributed by atoms with Gasteiger partial charge < -0.3 is 31.9 Å². The Morgan fingerprint density at radius 2 is 1.66 bits per heavy atom. The lowest BCUT2D eigenvalue weighted by atomic mass is 10.0. The summed E-state index contributed by atoms with van der Waals surface area (Å²) in [7, 11) is 0. The number of carbonyl (C=O) groups is 4. The molecule has 0 spiro atoms. The number of rotatable bonds is 11. The maximum absolute atomic E-state index is 12.7. The van der Waals surface area contributed by atoms with Crippen LogP contribution >= 0.6 is 0 Å². The Hall–Kier alpha value is -2.98. The van der Waals surface area contributed by atoms with Crippen LogP contribution in [-0.4, -0.2) is 65.2 Å². The van der Waals surface area contributed by atoms with Gasteiger partial charge in [-0.2, -0.15) is 0 Å². The Bertz CT molecular complexity index is 710. The molecule has 29 heavy (non-hydrogen) atoms. The number of carboxylic acids is 1. The Balaban J connectivity index is 2.85. The van der Waals surface area contributed by atoms with E-state index in [4.69, 9.17) is 10.8 Å². The van der Waals surface area contributed by atoms with Gasteiger partial charge in [0.05, 0.1) is 13.2 Å². The van der Waals surface area contributed by atoms with E-state index in [-0.39, 0.29) is 12.3 Å². The summed E-state index contributed by atoms with van der Waals surface area (Å²) in [6.45, 7) is 2.30. The van der Waals surface area contributed by atoms with E-state index in [1.54, 1.807) is 44.2 Å². The molecular weight excluding hydrogens is 380 g/mol. The van der Waals surface area contributed by atoms with Crippen molar-refractivity contribution in [1.82, 2.24) is 16.0 Å². The van der Waals surface area contributed by atoms with Gasteiger partial charge in [-0.1, -0.05) is 44.2 Å². The molecule has 1 aromatic carbocycles. The van der Waals surface area contributed by atoms with Crippen molar-refractivity contribution < 1.29 is 29.4 Å². The van der Waals surface area contributed by atoms with Crippen LogP contribution in [0.1, 0.15) is 19.4 Å². The Morgan fingerprint density at radius 3 is 2.17 bits per heavy atom. The maximum Gasteiger partial charge on any atom is 0.326 e. The summed E-state index contributed by atoms with van der Waals surface area (Å²) in [4.78, 5) is 47.8. The van der Waals surface area contributed by atoms with Crippen molar-refractivity contribution in [2.75, 3.05) is 13.2 Å². The first-order valence-electron chi connectivity index (χ1n) is 9.16. The molecule has 3 unspecified atom stereocenters. The smallest absolute Gasteiger partial charge is 0.326 e. The fraction of sp³-hybridized carbons (Fsp3) is 0.474. The van der Waals surface area contributed by atoms with Gasteiger partial charge in [-0.15, -0.1) is 0 Å². The number of hydrogen-bond donors (Lipinski definition) is 6. The highest BCUT2D eigenvalue weighted by atomic mass is 16.4. The van der Waals surface area contributed by atoms with Crippen molar-refractivity contribution in [3.05, 3.63) is 35.9 Å². The van der Waals surface area contributed by atoms with Crippen LogP contribution in [0, 0.1) is 5.92 Å². The number of nitrogens with one attached hydrogen (secondary N) is 3. The summed E-state index contributed by atoms with van der Waals surface area (Å²) in [5.41, 5.74) is 6.11. The van der Waals surface area contributed by atoms with Crippen molar-refractivity contribution in [2.45, 2.75) is 38.4 Å². The van der Waals surface area contributed by atoms with E-state index >= 15 is 0 Å². The molecular formula is C19H28N4O6. The SMILES string of the molecule is CC(C)C(NC(=O)C(Cc1ccccc1)NC(=O)CNC(=O)C(N)CO)C(=O)O. The average Bonchev–Trinajstić information content (AvgIpc) is 2.69. The number of aliphatic hydroxyl groups is 1. The monoisotopic (exact) mass is 408 g/mol. The topological polar surface area (TPSA) is 171 Å². The molecule has 0 saturated carbocycles. The number of carboxylic acid groups (broad SMARTS) is 1. The first-order valence-corrected chi connectivity index (χ1v) is 9.16. The molecule has 10 nitrogen and oxygen atoms in total. The van der Waals surface area contributed by atoms with E-state index in [1.165, 1.54) is 0 Å². The van der Waals surface area contributed by atoms with Crippen LogP contribution in [-0.2, 0) is 25.6 Å². The second-order valence-corrected chi connectivity index (χ2v) is 6.89. The van der Waals surface area contributed by atoms with Crippen LogP contribution in [0.15, 0.2) is 30.3 Å². The molecule has 3 amide bonds. The van der Waals surface area contributed by atoms with Gasteiger partial charge in [0.2, 0.25) is 17.7 Å². The molecule has 1 aromatic rings. The van der Waals surface area contributed by atoms with Crippen LogP contribution in [0.3, 0.4) is 0 Å². The van der Waals surface area contributed by atoms with Gasteiger partial charge in [-0.3, -0.25) is 14.4 Å². The number of carbonyl (C=O) groups excluding carboxylic acids is 3. The number of benzene rings is 1. The van der Waals surface area contributed by atoms with Crippen LogP contribution in [0.2, 0.25) is 0 Å². The van der Waals surface area contributed by atoms with Gasteiger partial charge >= 0.3 is 5.97 Å². The summed E-state index contributed by atoms with van der Waals surface area (Å²) in [6.07, 6.45) is 0.132. The first kappa shape index (κ1) is 24.1. The standard InChI is InChI=1S/C19H28N4O6/c1-11(2)16(19(28)29)23-18(27)14(8-12-6-4-3-5-7-12)22-15(25)9-21-17(26)13(20)10-24/h3-7,11,13-14,16,24H,8-10,20H2,1-2H3,(H,21,26)(H,22,25)(H,23,27)(H,28,29). The number of aliphatic carboxylic acids is 1. The summed E-state index contributed by atoms with van der Waals surface area (Å²) in [5.74, 6) is -3.55. The largest absolute Gasteiger partial charge is 0.480 e. The van der Waals surface area contributed by atoms with Gasteiger partial charge in [0, 0.05) is 6.42 Å². The number of amides is 3. The average molecular weight is 408 g/mol. The normalized spacial score (nSPS) is 13.8. The molecule has 0 aliphatic heterocycles. The highest BCUT2D eigenvalue weighted by molar-refractivity contribution is 5.92. The fourth-order valence-corrected chi connectivity index (χ4v) is 2.45. The summed E-state index contributed by atoms with van der Waals surface area (Å²) in [6, 6.07) is 5.57. The van der Waals surface area contributed by atoms with Gasteiger partial charge in [0.1, 0.15) is 18.1 Å². The Labute approximate surface area is 168 Å². The van der Waals surface area contributed by atoms with E-state index < -0.39 is 55.0 Å². The molecule has 160 valence electrons. The van der Waals surface area contributed by atoms with E-state index in [0.29, 0.717) is 0 Å².